The van der Waals surface area contributed by atoms with E-state index >= 15 is 0 Å². The van der Waals surface area contributed by atoms with Gasteiger partial charge in [-0.3, -0.25) is 5.10 Å². The zero-order chi connectivity index (χ0) is 12.6. The molecule has 0 aliphatic rings. The van der Waals surface area contributed by atoms with Gasteiger partial charge in [-0.1, -0.05) is 11.6 Å². The first kappa shape index (κ1) is 11.9. The zero-order valence-electron chi connectivity index (χ0n) is 8.94. The molecule has 0 saturated carbocycles. The van der Waals surface area contributed by atoms with Gasteiger partial charge < -0.3 is 5.73 Å². The third-order valence-corrected chi connectivity index (χ3v) is 3.59. The summed E-state index contributed by atoms with van der Waals surface area (Å²) in [6.07, 6.45) is 2.65. The second-order valence-electron chi connectivity index (χ2n) is 3.65. The molecule has 0 saturated heterocycles. The fourth-order valence-corrected chi connectivity index (χ4v) is 2.44. The summed E-state index contributed by atoms with van der Waals surface area (Å²) in [7, 11) is -3.31. The molecule has 2 aromatic rings. The maximum absolute atomic E-state index is 11.5. The quantitative estimate of drug-likeness (QED) is 0.870. The van der Waals surface area contributed by atoms with Crippen molar-refractivity contribution in [2.45, 2.75) is 4.90 Å². The molecule has 0 aliphatic carbocycles. The number of sulfone groups is 1. The molecule has 0 unspecified atom stereocenters. The fraction of sp³-hybridized carbons (Fsp3) is 0.100. The van der Waals surface area contributed by atoms with Crippen molar-refractivity contribution in [1.29, 1.82) is 0 Å². The van der Waals surface area contributed by atoms with Crippen molar-refractivity contribution < 1.29 is 8.42 Å². The highest BCUT2D eigenvalue weighted by Crippen LogP contribution is 2.29. The Labute approximate surface area is 104 Å². The first-order valence-corrected chi connectivity index (χ1v) is 6.95. The molecule has 0 amide bonds. The Morgan fingerprint density at radius 3 is 2.59 bits per heavy atom. The fourth-order valence-electron chi connectivity index (χ4n) is 1.46. The summed E-state index contributed by atoms with van der Waals surface area (Å²) in [5, 5.41) is 6.69. The van der Waals surface area contributed by atoms with Crippen LogP contribution >= 0.6 is 11.6 Å². The second kappa shape index (κ2) is 4.05. The molecule has 1 aromatic carbocycles. The monoisotopic (exact) mass is 271 g/mol. The van der Waals surface area contributed by atoms with Gasteiger partial charge in [-0.15, -0.1) is 0 Å². The molecule has 0 spiro atoms. The summed E-state index contributed by atoms with van der Waals surface area (Å²) in [5.74, 6) is 0.367. The lowest BCUT2D eigenvalue weighted by molar-refractivity contribution is 0.602. The SMILES string of the molecule is CS(=O)(=O)c1cc(Cl)cc(-c2cn[nH]c2N)c1. The predicted molar refractivity (Wildman–Crippen MR) is 66.6 cm³/mol. The number of halogens is 1. The predicted octanol–water partition coefficient (Wildman–Crippen LogP) is 1.72. The van der Waals surface area contributed by atoms with Crippen LogP contribution in [0.15, 0.2) is 29.3 Å². The van der Waals surface area contributed by atoms with Crippen molar-refractivity contribution in [2.75, 3.05) is 12.0 Å². The van der Waals surface area contributed by atoms with Crippen LogP contribution in [0.2, 0.25) is 5.02 Å². The van der Waals surface area contributed by atoms with Crippen LogP contribution in [0.1, 0.15) is 0 Å². The van der Waals surface area contributed by atoms with E-state index in [9.17, 15) is 8.42 Å². The number of nitrogens with one attached hydrogen (secondary N) is 1. The molecule has 90 valence electrons. The highest BCUT2D eigenvalue weighted by Gasteiger charge is 2.12. The van der Waals surface area contributed by atoms with Crippen molar-refractivity contribution in [2.24, 2.45) is 0 Å². The Bertz CT molecular complexity index is 664. The smallest absolute Gasteiger partial charge is 0.175 e. The first-order valence-electron chi connectivity index (χ1n) is 4.68. The van der Waals surface area contributed by atoms with Gasteiger partial charge in [0.05, 0.1) is 11.1 Å². The molecule has 3 N–H and O–H groups in total. The van der Waals surface area contributed by atoms with E-state index in [2.05, 4.69) is 10.2 Å². The van der Waals surface area contributed by atoms with E-state index in [1.807, 2.05) is 0 Å². The van der Waals surface area contributed by atoms with Crippen LogP contribution in [0, 0.1) is 0 Å². The molecule has 5 nitrogen and oxygen atoms in total. The van der Waals surface area contributed by atoms with Crippen LogP contribution in [-0.4, -0.2) is 24.9 Å². The van der Waals surface area contributed by atoms with E-state index in [0.717, 1.165) is 6.26 Å². The van der Waals surface area contributed by atoms with Crippen molar-refractivity contribution in [3.63, 3.8) is 0 Å². The number of hydrogen-bond acceptors (Lipinski definition) is 4. The van der Waals surface area contributed by atoms with Gasteiger partial charge in [-0.2, -0.15) is 5.10 Å². The summed E-state index contributed by atoms with van der Waals surface area (Å²) in [4.78, 5) is 0.153. The van der Waals surface area contributed by atoms with Crippen LogP contribution in [0.5, 0.6) is 0 Å². The third-order valence-electron chi connectivity index (χ3n) is 2.28. The Morgan fingerprint density at radius 2 is 2.06 bits per heavy atom. The number of benzene rings is 1. The lowest BCUT2D eigenvalue weighted by Crippen LogP contribution is -1.97. The van der Waals surface area contributed by atoms with E-state index in [4.69, 9.17) is 17.3 Å². The Morgan fingerprint density at radius 1 is 1.35 bits per heavy atom. The number of aromatic nitrogens is 2. The van der Waals surface area contributed by atoms with Crippen LogP contribution < -0.4 is 5.73 Å². The molecule has 0 bridgehead atoms. The molecule has 0 atom stereocenters. The van der Waals surface area contributed by atoms with Gasteiger partial charge in [-0.05, 0) is 23.8 Å². The van der Waals surface area contributed by atoms with E-state index in [1.165, 1.54) is 18.3 Å². The van der Waals surface area contributed by atoms with Gasteiger partial charge in [0, 0.05) is 16.8 Å². The lowest BCUT2D eigenvalue weighted by atomic mass is 10.1. The highest BCUT2D eigenvalue weighted by molar-refractivity contribution is 7.90. The van der Waals surface area contributed by atoms with E-state index in [1.54, 1.807) is 6.07 Å². The number of hydrogen-bond donors (Lipinski definition) is 2. The maximum atomic E-state index is 11.5. The van der Waals surface area contributed by atoms with Crippen molar-refractivity contribution in [3.8, 4) is 11.1 Å². The zero-order valence-corrected chi connectivity index (χ0v) is 10.5. The van der Waals surface area contributed by atoms with Gasteiger partial charge in [0.2, 0.25) is 0 Å². The Kier molecular flexibility index (Phi) is 2.84. The van der Waals surface area contributed by atoms with E-state index in [0.29, 0.717) is 22.0 Å². The minimum absolute atomic E-state index is 0.153. The third kappa shape index (κ3) is 2.42. The van der Waals surface area contributed by atoms with Gasteiger partial charge in [0.25, 0.3) is 0 Å². The van der Waals surface area contributed by atoms with E-state index in [-0.39, 0.29) is 4.90 Å². The van der Waals surface area contributed by atoms with Crippen LogP contribution in [-0.2, 0) is 9.84 Å². The van der Waals surface area contributed by atoms with E-state index < -0.39 is 9.84 Å². The van der Waals surface area contributed by atoms with Crippen LogP contribution in [0.4, 0.5) is 5.82 Å². The van der Waals surface area contributed by atoms with Crippen LogP contribution in [0.3, 0.4) is 0 Å². The van der Waals surface area contributed by atoms with Gasteiger partial charge in [0.15, 0.2) is 9.84 Å². The molecule has 0 aliphatic heterocycles. The molecule has 0 radical (unpaired) electrons. The topological polar surface area (TPSA) is 88.8 Å². The van der Waals surface area contributed by atoms with Crippen molar-refractivity contribution in [1.82, 2.24) is 10.2 Å². The first-order chi connectivity index (χ1) is 7.88. The van der Waals surface area contributed by atoms with Crippen molar-refractivity contribution >= 4 is 27.3 Å². The van der Waals surface area contributed by atoms with Gasteiger partial charge >= 0.3 is 0 Å². The summed E-state index contributed by atoms with van der Waals surface area (Å²) in [6.45, 7) is 0. The standard InChI is InChI=1S/C10H10ClN3O2S/c1-17(15,16)8-3-6(2-7(11)4-8)9-5-13-14-10(9)12/h2-5H,1H3,(H3,12,13,14). The molecule has 7 heteroatoms. The number of rotatable bonds is 2. The number of nitrogen functional groups attached to an aromatic ring is 1. The number of H-pyrrole nitrogens is 1. The average Bonchev–Trinajstić information content (AvgIpc) is 2.62. The number of anilines is 1. The number of nitrogens with two attached hydrogens (primary N) is 1. The van der Waals surface area contributed by atoms with Gasteiger partial charge in [-0.25, -0.2) is 8.42 Å². The molecular formula is C10H10ClN3O2S. The normalized spacial score (nSPS) is 11.6. The molecular weight excluding hydrogens is 262 g/mol. The number of aromatic amines is 1. The summed E-state index contributed by atoms with van der Waals surface area (Å²) in [6, 6.07) is 4.55. The summed E-state index contributed by atoms with van der Waals surface area (Å²) < 4.78 is 23.0. The molecule has 1 aromatic heterocycles. The van der Waals surface area contributed by atoms with Crippen molar-refractivity contribution in [3.05, 3.63) is 29.4 Å². The number of nitrogens with zero attached hydrogens (tertiary/aromatic N) is 1. The highest BCUT2D eigenvalue weighted by atomic mass is 35.5. The molecule has 2 rings (SSSR count). The average molecular weight is 272 g/mol. The second-order valence-corrected chi connectivity index (χ2v) is 6.10. The van der Waals surface area contributed by atoms with Gasteiger partial charge in [0.1, 0.15) is 5.82 Å². The minimum atomic E-state index is -3.31. The van der Waals surface area contributed by atoms with Crippen LogP contribution in [0.25, 0.3) is 11.1 Å². The Balaban J connectivity index is 2.65. The minimum Gasteiger partial charge on any atom is -0.384 e. The Hall–Kier alpha value is -1.53. The summed E-state index contributed by atoms with van der Waals surface area (Å²) in [5.41, 5.74) is 6.91. The molecule has 17 heavy (non-hydrogen) atoms. The summed E-state index contributed by atoms with van der Waals surface area (Å²) >= 11 is 5.89. The molecule has 0 fully saturated rings. The largest absolute Gasteiger partial charge is 0.384 e. The maximum Gasteiger partial charge on any atom is 0.175 e. The lowest BCUT2D eigenvalue weighted by Gasteiger charge is -2.04. The molecule has 1 heterocycles.